The third-order valence-corrected chi connectivity index (χ3v) is 8.57. The second kappa shape index (κ2) is 15.8. The van der Waals surface area contributed by atoms with Gasteiger partial charge < -0.3 is 25.8 Å². The lowest BCUT2D eigenvalue weighted by molar-refractivity contribution is 0.125. The number of aliphatic hydroxyl groups is 2. The van der Waals surface area contributed by atoms with E-state index in [0.717, 1.165) is 69.5 Å². The standard InChI is InChI=1S/C37H49N5O2/c1-6-8-27(7-2)37(44)41-30-15-13-29(14-16-30)35(38)32(21-25(5)24(3)4)31-17-18-40-36-33(31)22-34(42-36)28-11-9-26(10-12-28)23-39-19-20-43/h9-18,21-22,24-25,27,37-39,41,43-44H,6-8,19-20,23H2,1-5H3,(H,40,42)/b32-21-,38-35?. The van der Waals surface area contributed by atoms with E-state index in [1.807, 2.05) is 36.5 Å². The minimum Gasteiger partial charge on any atom is -0.395 e. The molecule has 3 unspecified atom stereocenters. The third kappa shape index (κ3) is 8.23. The lowest BCUT2D eigenvalue weighted by Gasteiger charge is -2.23. The van der Waals surface area contributed by atoms with Gasteiger partial charge in [0.1, 0.15) is 11.9 Å². The first-order valence-electron chi connectivity index (χ1n) is 16.0. The monoisotopic (exact) mass is 595 g/mol. The van der Waals surface area contributed by atoms with Gasteiger partial charge in [-0.1, -0.05) is 83.5 Å². The maximum atomic E-state index is 10.7. The van der Waals surface area contributed by atoms with Crippen molar-refractivity contribution in [3.8, 4) is 11.3 Å². The Morgan fingerprint density at radius 2 is 1.75 bits per heavy atom. The number of allylic oxidation sites excluding steroid dienone is 2. The molecule has 0 aliphatic heterocycles. The topological polar surface area (TPSA) is 117 Å². The van der Waals surface area contributed by atoms with E-state index >= 15 is 0 Å². The summed E-state index contributed by atoms with van der Waals surface area (Å²) in [6.45, 7) is 12.3. The van der Waals surface area contributed by atoms with Crippen molar-refractivity contribution in [3.63, 3.8) is 0 Å². The maximum Gasteiger partial charge on any atom is 0.138 e. The largest absolute Gasteiger partial charge is 0.395 e. The minimum atomic E-state index is -0.598. The molecule has 0 fully saturated rings. The van der Waals surface area contributed by atoms with E-state index in [4.69, 9.17) is 5.11 Å². The zero-order valence-electron chi connectivity index (χ0n) is 26.8. The fourth-order valence-electron chi connectivity index (χ4n) is 5.43. The van der Waals surface area contributed by atoms with E-state index in [2.05, 4.69) is 91.6 Å². The predicted octanol–water partition coefficient (Wildman–Crippen LogP) is 7.61. The molecule has 0 bridgehead atoms. The number of anilines is 1. The van der Waals surface area contributed by atoms with Gasteiger partial charge in [0.05, 0.1) is 12.3 Å². The molecule has 44 heavy (non-hydrogen) atoms. The number of aromatic amines is 1. The quantitative estimate of drug-likeness (QED) is 0.0453. The molecule has 0 saturated carbocycles. The summed E-state index contributed by atoms with van der Waals surface area (Å²) in [6, 6.07) is 20.3. The van der Waals surface area contributed by atoms with Gasteiger partial charge >= 0.3 is 0 Å². The van der Waals surface area contributed by atoms with Crippen LogP contribution >= 0.6 is 0 Å². The van der Waals surface area contributed by atoms with Crippen LogP contribution in [0.15, 0.2) is 72.9 Å². The van der Waals surface area contributed by atoms with E-state index in [0.29, 0.717) is 24.7 Å². The molecule has 2 heterocycles. The van der Waals surface area contributed by atoms with Crippen molar-refractivity contribution in [2.24, 2.45) is 17.8 Å². The summed E-state index contributed by atoms with van der Waals surface area (Å²) in [6.07, 6.45) is 6.37. The van der Waals surface area contributed by atoms with Crippen molar-refractivity contribution in [1.82, 2.24) is 15.3 Å². The predicted molar refractivity (Wildman–Crippen MR) is 184 cm³/mol. The van der Waals surface area contributed by atoms with Gasteiger partial charge in [-0.2, -0.15) is 0 Å². The number of pyridine rings is 1. The lowest BCUT2D eigenvalue weighted by atomic mass is 9.88. The number of nitrogens with one attached hydrogen (secondary N) is 4. The number of nitrogens with zero attached hydrogens (tertiary/aromatic N) is 1. The zero-order valence-corrected chi connectivity index (χ0v) is 26.8. The lowest BCUT2D eigenvalue weighted by Crippen LogP contribution is -2.28. The number of benzene rings is 2. The van der Waals surface area contributed by atoms with Crippen LogP contribution in [0.4, 0.5) is 5.69 Å². The molecule has 0 saturated heterocycles. The first-order valence-corrected chi connectivity index (χ1v) is 16.0. The molecular weight excluding hydrogens is 546 g/mol. The Balaban J connectivity index is 1.65. The van der Waals surface area contributed by atoms with Crippen LogP contribution in [0.1, 0.15) is 70.6 Å². The van der Waals surface area contributed by atoms with Crippen molar-refractivity contribution >= 4 is 28.0 Å². The van der Waals surface area contributed by atoms with E-state index in [9.17, 15) is 10.5 Å². The molecule has 4 aromatic rings. The normalized spacial score (nSPS) is 14.1. The number of fused-ring (bicyclic) bond motifs is 1. The van der Waals surface area contributed by atoms with Gasteiger partial charge in [-0.25, -0.2) is 4.98 Å². The Hall–Kier alpha value is -3.78. The van der Waals surface area contributed by atoms with Crippen LogP contribution in [-0.4, -0.2) is 45.3 Å². The smallest absolute Gasteiger partial charge is 0.138 e. The molecule has 0 aliphatic carbocycles. The Kier molecular flexibility index (Phi) is 11.9. The maximum absolute atomic E-state index is 10.7. The van der Waals surface area contributed by atoms with Gasteiger partial charge in [0.15, 0.2) is 0 Å². The third-order valence-electron chi connectivity index (χ3n) is 8.57. The Labute approximate surface area is 262 Å². The van der Waals surface area contributed by atoms with E-state index in [-0.39, 0.29) is 18.4 Å². The van der Waals surface area contributed by atoms with Crippen LogP contribution in [0.2, 0.25) is 0 Å². The van der Waals surface area contributed by atoms with Crippen LogP contribution < -0.4 is 10.6 Å². The highest BCUT2D eigenvalue weighted by Crippen LogP contribution is 2.33. The summed E-state index contributed by atoms with van der Waals surface area (Å²) in [5, 5.41) is 36.6. The summed E-state index contributed by atoms with van der Waals surface area (Å²) in [5.41, 5.74) is 7.95. The molecule has 0 radical (unpaired) electrons. The highest BCUT2D eigenvalue weighted by atomic mass is 16.3. The second-order valence-corrected chi connectivity index (χ2v) is 12.1. The SMILES string of the molecule is CCCC(CC)C(O)Nc1ccc(C(=N)/C(=C\C(C)C(C)C)c2ccnc3[nH]c(-c4ccc(CNCCO)cc4)cc23)cc1. The van der Waals surface area contributed by atoms with Gasteiger partial charge in [0, 0.05) is 53.1 Å². The van der Waals surface area contributed by atoms with Gasteiger partial charge in [0.25, 0.3) is 0 Å². The average Bonchev–Trinajstić information content (AvgIpc) is 3.47. The van der Waals surface area contributed by atoms with Crippen molar-refractivity contribution in [1.29, 1.82) is 5.41 Å². The van der Waals surface area contributed by atoms with Gasteiger partial charge in [0.2, 0.25) is 0 Å². The van der Waals surface area contributed by atoms with Crippen LogP contribution in [-0.2, 0) is 6.54 Å². The number of hydrogen-bond acceptors (Lipinski definition) is 6. The molecule has 7 nitrogen and oxygen atoms in total. The van der Waals surface area contributed by atoms with Crippen molar-refractivity contribution in [2.45, 2.75) is 66.7 Å². The molecule has 0 amide bonds. The van der Waals surface area contributed by atoms with Crippen molar-refractivity contribution < 1.29 is 10.2 Å². The fraction of sp³-hybridized carbons (Fsp3) is 0.405. The molecule has 2 aromatic carbocycles. The Morgan fingerprint density at radius 1 is 1.02 bits per heavy atom. The summed E-state index contributed by atoms with van der Waals surface area (Å²) < 4.78 is 0. The first kappa shape index (κ1) is 33.1. The fourth-order valence-corrected chi connectivity index (χ4v) is 5.43. The van der Waals surface area contributed by atoms with E-state index in [1.54, 1.807) is 0 Å². The number of aromatic nitrogens is 2. The van der Waals surface area contributed by atoms with Crippen LogP contribution in [0, 0.1) is 23.2 Å². The van der Waals surface area contributed by atoms with Crippen LogP contribution in [0.25, 0.3) is 27.9 Å². The molecule has 6 N–H and O–H groups in total. The van der Waals surface area contributed by atoms with E-state index in [1.165, 1.54) is 0 Å². The minimum absolute atomic E-state index is 0.123. The van der Waals surface area contributed by atoms with Crippen molar-refractivity contribution in [2.75, 3.05) is 18.5 Å². The summed E-state index contributed by atoms with van der Waals surface area (Å²) >= 11 is 0. The highest BCUT2D eigenvalue weighted by molar-refractivity contribution is 6.32. The Bertz CT molecular complexity index is 1520. The molecule has 2 aromatic heterocycles. The first-order chi connectivity index (χ1) is 21.2. The average molecular weight is 596 g/mol. The molecule has 4 rings (SSSR count). The van der Waals surface area contributed by atoms with Gasteiger partial charge in [-0.05, 0) is 65.6 Å². The summed E-state index contributed by atoms with van der Waals surface area (Å²) in [7, 11) is 0. The van der Waals surface area contributed by atoms with E-state index < -0.39 is 6.23 Å². The Morgan fingerprint density at radius 3 is 2.39 bits per heavy atom. The van der Waals surface area contributed by atoms with Crippen LogP contribution in [0.5, 0.6) is 0 Å². The summed E-state index contributed by atoms with van der Waals surface area (Å²) in [4.78, 5) is 8.13. The summed E-state index contributed by atoms with van der Waals surface area (Å²) in [5.74, 6) is 0.891. The number of H-pyrrole nitrogens is 1. The number of rotatable bonds is 16. The molecule has 234 valence electrons. The van der Waals surface area contributed by atoms with Crippen molar-refractivity contribution in [3.05, 3.63) is 89.6 Å². The molecular formula is C37H49N5O2. The van der Waals surface area contributed by atoms with Gasteiger partial charge in [-0.15, -0.1) is 0 Å². The highest BCUT2D eigenvalue weighted by Gasteiger charge is 2.19. The second-order valence-electron chi connectivity index (χ2n) is 12.1. The number of hydrogen-bond donors (Lipinski definition) is 6. The number of aliphatic hydroxyl groups excluding tert-OH is 2. The molecule has 0 spiro atoms. The van der Waals surface area contributed by atoms with Gasteiger partial charge in [-0.3, -0.25) is 5.41 Å². The van der Waals surface area contributed by atoms with Crippen LogP contribution in [0.3, 0.4) is 0 Å². The molecule has 0 aliphatic rings. The zero-order chi connectivity index (χ0) is 31.6. The molecule has 7 heteroatoms. The molecule has 3 atom stereocenters.